The van der Waals surface area contributed by atoms with E-state index in [1.54, 1.807) is 0 Å². The second kappa shape index (κ2) is 5.53. The van der Waals surface area contributed by atoms with Crippen LogP contribution in [0.3, 0.4) is 0 Å². The molecule has 0 aliphatic heterocycles. The fourth-order valence-corrected chi connectivity index (χ4v) is 0.706. The number of carboxylic acid groups (broad SMARTS) is 1. The third-order valence-electron chi connectivity index (χ3n) is 1.39. The van der Waals surface area contributed by atoms with Crippen LogP contribution >= 0.6 is 0 Å². The Kier molecular flexibility index (Phi) is 5.06. The van der Waals surface area contributed by atoms with Gasteiger partial charge in [0, 0.05) is 6.04 Å². The molecular formula is C8H16N2O3. The predicted octanol–water partition coefficient (Wildman–Crippen LogP) is -0.426. The Balaban J connectivity index is 3.64. The van der Waals surface area contributed by atoms with E-state index in [0.717, 1.165) is 0 Å². The van der Waals surface area contributed by atoms with Gasteiger partial charge in [-0.2, -0.15) is 0 Å². The van der Waals surface area contributed by atoms with E-state index in [9.17, 15) is 9.59 Å². The van der Waals surface area contributed by atoms with Crippen molar-refractivity contribution >= 4 is 11.9 Å². The summed E-state index contributed by atoms with van der Waals surface area (Å²) in [6.45, 7) is 5.22. The van der Waals surface area contributed by atoms with Gasteiger partial charge in [0.05, 0.1) is 6.54 Å². The van der Waals surface area contributed by atoms with Gasteiger partial charge in [0.1, 0.15) is 6.04 Å². The molecule has 0 aromatic carbocycles. The van der Waals surface area contributed by atoms with Gasteiger partial charge in [-0.3, -0.25) is 14.9 Å². The van der Waals surface area contributed by atoms with Gasteiger partial charge in [0.15, 0.2) is 0 Å². The quantitative estimate of drug-likeness (QED) is 0.547. The van der Waals surface area contributed by atoms with Crippen molar-refractivity contribution in [2.24, 2.45) is 0 Å². The molecule has 0 unspecified atom stereocenters. The van der Waals surface area contributed by atoms with Crippen molar-refractivity contribution in [2.45, 2.75) is 32.9 Å². The van der Waals surface area contributed by atoms with Gasteiger partial charge < -0.3 is 10.4 Å². The van der Waals surface area contributed by atoms with E-state index in [2.05, 4.69) is 10.6 Å². The summed E-state index contributed by atoms with van der Waals surface area (Å²) in [4.78, 5) is 21.4. The number of amides is 1. The largest absolute Gasteiger partial charge is 0.480 e. The number of carbonyl (C=O) groups is 2. The van der Waals surface area contributed by atoms with E-state index >= 15 is 0 Å². The molecule has 0 aromatic rings. The third kappa shape index (κ3) is 6.10. The van der Waals surface area contributed by atoms with Gasteiger partial charge in [0.2, 0.25) is 5.91 Å². The van der Waals surface area contributed by atoms with Gasteiger partial charge >= 0.3 is 5.97 Å². The zero-order chi connectivity index (χ0) is 10.4. The van der Waals surface area contributed by atoms with Crippen LogP contribution in [0.15, 0.2) is 0 Å². The smallest absolute Gasteiger partial charge is 0.320 e. The van der Waals surface area contributed by atoms with Crippen LogP contribution in [0.25, 0.3) is 0 Å². The van der Waals surface area contributed by atoms with E-state index in [1.165, 1.54) is 6.92 Å². The maximum Gasteiger partial charge on any atom is 0.320 e. The monoisotopic (exact) mass is 188 g/mol. The van der Waals surface area contributed by atoms with E-state index in [0.29, 0.717) is 0 Å². The fraction of sp³-hybridized carbons (Fsp3) is 0.750. The number of rotatable bonds is 5. The van der Waals surface area contributed by atoms with E-state index in [-0.39, 0.29) is 18.5 Å². The summed E-state index contributed by atoms with van der Waals surface area (Å²) in [5.74, 6) is -1.15. The number of carboxylic acids is 1. The molecule has 5 nitrogen and oxygen atoms in total. The highest BCUT2D eigenvalue weighted by atomic mass is 16.4. The van der Waals surface area contributed by atoms with Gasteiger partial charge in [0.25, 0.3) is 0 Å². The Morgan fingerprint density at radius 3 is 2.23 bits per heavy atom. The van der Waals surface area contributed by atoms with E-state index in [1.807, 2.05) is 13.8 Å². The van der Waals surface area contributed by atoms with Crippen LogP contribution in [0.5, 0.6) is 0 Å². The lowest BCUT2D eigenvalue weighted by atomic mass is 10.3. The molecule has 0 saturated carbocycles. The molecule has 76 valence electrons. The summed E-state index contributed by atoms with van der Waals surface area (Å²) < 4.78 is 0. The fourth-order valence-electron chi connectivity index (χ4n) is 0.706. The molecule has 1 amide bonds. The lowest BCUT2D eigenvalue weighted by Gasteiger charge is -2.11. The Morgan fingerprint density at radius 1 is 1.31 bits per heavy atom. The molecule has 0 aliphatic carbocycles. The Bertz CT molecular complexity index is 192. The van der Waals surface area contributed by atoms with Gasteiger partial charge in [-0.15, -0.1) is 0 Å². The van der Waals surface area contributed by atoms with Crippen LogP contribution in [0.4, 0.5) is 0 Å². The minimum absolute atomic E-state index is 0.0334. The molecule has 0 rings (SSSR count). The number of hydrogen-bond acceptors (Lipinski definition) is 3. The molecular weight excluding hydrogens is 172 g/mol. The van der Waals surface area contributed by atoms with E-state index in [4.69, 9.17) is 5.11 Å². The van der Waals surface area contributed by atoms with Crippen LogP contribution in [-0.2, 0) is 9.59 Å². The summed E-state index contributed by atoms with van der Waals surface area (Å²) in [7, 11) is 0. The average Bonchev–Trinajstić information content (AvgIpc) is 1.98. The van der Waals surface area contributed by atoms with Gasteiger partial charge in [-0.25, -0.2) is 0 Å². The highest BCUT2D eigenvalue weighted by Crippen LogP contribution is 1.81. The number of hydrogen-bond donors (Lipinski definition) is 3. The maximum atomic E-state index is 11.0. The minimum atomic E-state index is -0.961. The topological polar surface area (TPSA) is 78.4 Å². The Morgan fingerprint density at radius 2 is 1.85 bits per heavy atom. The number of carbonyl (C=O) groups excluding carboxylic acids is 1. The lowest BCUT2D eigenvalue weighted by Crippen LogP contribution is -2.43. The van der Waals surface area contributed by atoms with Crippen molar-refractivity contribution in [3.8, 4) is 0 Å². The summed E-state index contributed by atoms with van der Waals surface area (Å²) in [6.07, 6.45) is 0. The van der Waals surface area contributed by atoms with Crippen molar-refractivity contribution in [3.63, 3.8) is 0 Å². The molecule has 0 fully saturated rings. The molecule has 0 radical (unpaired) electrons. The van der Waals surface area contributed by atoms with Crippen molar-refractivity contribution in [1.29, 1.82) is 0 Å². The molecule has 0 heterocycles. The second-order valence-corrected chi connectivity index (χ2v) is 3.16. The van der Waals surface area contributed by atoms with Crippen molar-refractivity contribution in [2.75, 3.05) is 6.54 Å². The molecule has 3 N–H and O–H groups in total. The van der Waals surface area contributed by atoms with E-state index < -0.39 is 12.0 Å². The SMILES string of the molecule is CC(C)NC(=O)CN[C@@H](C)C(=O)O. The Hall–Kier alpha value is -1.10. The molecule has 5 heteroatoms. The Labute approximate surface area is 77.5 Å². The van der Waals surface area contributed by atoms with Crippen LogP contribution in [-0.4, -0.2) is 35.6 Å². The molecule has 0 saturated heterocycles. The normalized spacial score (nSPS) is 12.6. The summed E-state index contributed by atoms with van der Waals surface area (Å²) >= 11 is 0. The standard InChI is InChI=1S/C8H16N2O3/c1-5(2)10-7(11)4-9-6(3)8(12)13/h5-6,9H,4H2,1-3H3,(H,10,11)(H,12,13)/t6-/m0/s1. The molecule has 0 bridgehead atoms. The average molecular weight is 188 g/mol. The highest BCUT2D eigenvalue weighted by Gasteiger charge is 2.11. The number of nitrogens with one attached hydrogen (secondary N) is 2. The van der Waals surface area contributed by atoms with Crippen LogP contribution < -0.4 is 10.6 Å². The predicted molar refractivity (Wildman–Crippen MR) is 48.4 cm³/mol. The van der Waals surface area contributed by atoms with Crippen molar-refractivity contribution in [1.82, 2.24) is 10.6 Å². The first-order valence-electron chi connectivity index (χ1n) is 4.19. The summed E-state index contributed by atoms with van der Waals surface area (Å²) in [5, 5.41) is 13.7. The molecule has 13 heavy (non-hydrogen) atoms. The van der Waals surface area contributed by atoms with Gasteiger partial charge in [-0.1, -0.05) is 0 Å². The maximum absolute atomic E-state index is 11.0. The highest BCUT2D eigenvalue weighted by molar-refractivity contribution is 5.79. The molecule has 0 spiro atoms. The summed E-state index contributed by atoms with van der Waals surface area (Å²) in [6, 6.07) is -0.618. The molecule has 0 aliphatic rings. The van der Waals surface area contributed by atoms with Crippen LogP contribution in [0.1, 0.15) is 20.8 Å². The van der Waals surface area contributed by atoms with Crippen LogP contribution in [0, 0.1) is 0 Å². The first kappa shape index (κ1) is 11.9. The zero-order valence-corrected chi connectivity index (χ0v) is 8.13. The second-order valence-electron chi connectivity index (χ2n) is 3.16. The third-order valence-corrected chi connectivity index (χ3v) is 1.39. The first-order chi connectivity index (χ1) is 5.93. The zero-order valence-electron chi connectivity index (χ0n) is 8.13. The molecule has 0 aromatic heterocycles. The van der Waals surface area contributed by atoms with Crippen LogP contribution in [0.2, 0.25) is 0 Å². The number of aliphatic carboxylic acids is 1. The minimum Gasteiger partial charge on any atom is -0.480 e. The summed E-state index contributed by atoms with van der Waals surface area (Å²) in [5.41, 5.74) is 0. The van der Waals surface area contributed by atoms with Crippen molar-refractivity contribution in [3.05, 3.63) is 0 Å². The van der Waals surface area contributed by atoms with Crippen molar-refractivity contribution < 1.29 is 14.7 Å². The lowest BCUT2D eigenvalue weighted by molar-refractivity contribution is -0.139. The van der Waals surface area contributed by atoms with Gasteiger partial charge in [-0.05, 0) is 20.8 Å². The molecule has 1 atom stereocenters. The first-order valence-corrected chi connectivity index (χ1v) is 4.19.